The van der Waals surface area contributed by atoms with Gasteiger partial charge in [0.1, 0.15) is 5.54 Å². The molecule has 0 heterocycles. The first-order chi connectivity index (χ1) is 11.4. The van der Waals surface area contributed by atoms with Crippen molar-refractivity contribution in [2.45, 2.75) is 31.7 Å². The number of hydrogen-bond donors (Lipinski definition) is 0. The van der Waals surface area contributed by atoms with E-state index in [9.17, 15) is 13.2 Å². The van der Waals surface area contributed by atoms with Crippen LogP contribution in [-0.4, -0.2) is 6.61 Å². The van der Waals surface area contributed by atoms with E-state index < -0.39 is 17.3 Å². The Labute approximate surface area is 144 Å². The maximum absolute atomic E-state index is 12.9. The molecule has 2 aromatic rings. The lowest BCUT2D eigenvalue weighted by atomic mass is 9.88. The lowest BCUT2D eigenvalue weighted by Gasteiger charge is -2.28. The Bertz CT molecular complexity index is 675. The number of halogens is 3. The molecule has 1 atom stereocenters. The van der Waals surface area contributed by atoms with Crippen LogP contribution in [-0.2, 0) is 35.5 Å². The number of benzene rings is 2. The van der Waals surface area contributed by atoms with Gasteiger partial charge < -0.3 is 4.74 Å². The number of nitrogens with zero attached hydrogens (tertiary/aromatic N) is 1. The summed E-state index contributed by atoms with van der Waals surface area (Å²) in [5.41, 5.74) is -0.274. The molecule has 0 saturated carbocycles. The topological polar surface area (TPSA) is 21.6 Å². The molecule has 0 radical (unpaired) electrons. The van der Waals surface area contributed by atoms with E-state index in [1.54, 1.807) is 6.07 Å². The molecular formula is C18H18F3NOS. The first kappa shape index (κ1) is 18.5. The monoisotopic (exact) mass is 353 g/mol. The van der Waals surface area contributed by atoms with Crippen LogP contribution in [0.15, 0.2) is 59.0 Å². The van der Waals surface area contributed by atoms with E-state index in [2.05, 4.69) is 4.36 Å². The molecule has 0 aliphatic carbocycles. The Morgan fingerprint density at radius 1 is 1.00 bits per heavy atom. The van der Waals surface area contributed by atoms with E-state index in [1.807, 2.05) is 37.3 Å². The Kier molecular flexibility index (Phi) is 6.07. The average molecular weight is 353 g/mol. The van der Waals surface area contributed by atoms with E-state index in [1.165, 1.54) is 6.07 Å². The van der Waals surface area contributed by atoms with E-state index in [-0.39, 0.29) is 6.61 Å². The molecule has 2 rings (SSSR count). The van der Waals surface area contributed by atoms with Gasteiger partial charge in [-0.1, -0.05) is 49.4 Å². The van der Waals surface area contributed by atoms with Crippen molar-refractivity contribution < 1.29 is 17.9 Å². The first-order valence-electron chi connectivity index (χ1n) is 7.55. The molecule has 0 saturated heterocycles. The van der Waals surface area contributed by atoms with Crippen LogP contribution in [0.2, 0.25) is 0 Å². The minimum absolute atomic E-state index is 0.128. The molecule has 0 N–H and O–H groups in total. The van der Waals surface area contributed by atoms with E-state index >= 15 is 0 Å². The highest BCUT2D eigenvalue weighted by atomic mass is 32.1. The van der Waals surface area contributed by atoms with Crippen molar-refractivity contribution in [2.24, 2.45) is 4.36 Å². The number of hydrogen-bond acceptors (Lipinski definition) is 3. The highest BCUT2D eigenvalue weighted by Crippen LogP contribution is 2.35. The fraction of sp³-hybridized carbons (Fsp3) is 0.333. The molecule has 24 heavy (non-hydrogen) atoms. The van der Waals surface area contributed by atoms with Crippen LogP contribution in [0, 0.1) is 0 Å². The quantitative estimate of drug-likeness (QED) is 0.677. The van der Waals surface area contributed by atoms with Crippen LogP contribution in [0.1, 0.15) is 30.0 Å². The molecule has 6 heteroatoms. The summed E-state index contributed by atoms with van der Waals surface area (Å²) in [7, 11) is 0. The van der Waals surface area contributed by atoms with Gasteiger partial charge in [-0.25, -0.2) is 4.36 Å². The minimum atomic E-state index is -4.40. The zero-order valence-corrected chi connectivity index (χ0v) is 14.0. The third-order valence-electron chi connectivity index (χ3n) is 3.94. The number of rotatable bonds is 7. The molecule has 1 unspecified atom stereocenters. The summed E-state index contributed by atoms with van der Waals surface area (Å²) in [6.07, 6.45) is -3.95. The second-order valence-electron chi connectivity index (χ2n) is 5.53. The Hall–Kier alpha value is -1.79. The fourth-order valence-corrected chi connectivity index (χ4v) is 2.72. The van der Waals surface area contributed by atoms with Crippen LogP contribution in [0.3, 0.4) is 0 Å². The van der Waals surface area contributed by atoms with Gasteiger partial charge in [0.05, 0.1) is 18.8 Å². The summed E-state index contributed by atoms with van der Waals surface area (Å²) in [6.45, 7) is 2.32. The molecule has 0 fully saturated rings. The predicted molar refractivity (Wildman–Crippen MR) is 89.3 cm³/mol. The molecule has 0 bridgehead atoms. The highest BCUT2D eigenvalue weighted by Gasteiger charge is 2.35. The second kappa shape index (κ2) is 7.85. The smallest absolute Gasteiger partial charge is 0.374 e. The van der Waals surface area contributed by atoms with Gasteiger partial charge in [0.25, 0.3) is 0 Å². The molecule has 2 aromatic carbocycles. The third-order valence-corrected chi connectivity index (χ3v) is 4.29. The summed E-state index contributed by atoms with van der Waals surface area (Å²) in [5.74, 6) is 0. The molecule has 0 amide bonds. The van der Waals surface area contributed by atoms with Crippen molar-refractivity contribution in [3.8, 4) is 0 Å². The maximum Gasteiger partial charge on any atom is 0.416 e. The first-order valence-corrected chi connectivity index (χ1v) is 7.92. The normalized spacial score (nSPS) is 14.2. The summed E-state index contributed by atoms with van der Waals surface area (Å²) in [6, 6.07) is 14.7. The largest absolute Gasteiger partial charge is 0.416 e. The lowest BCUT2D eigenvalue weighted by Crippen LogP contribution is -2.29. The average Bonchev–Trinajstić information content (AvgIpc) is 2.59. The zero-order chi connectivity index (χ0) is 17.6. The molecule has 2 nitrogen and oxygen atoms in total. The molecule has 128 valence electrons. The van der Waals surface area contributed by atoms with Crippen LogP contribution < -0.4 is 0 Å². The van der Waals surface area contributed by atoms with Crippen LogP contribution in [0.5, 0.6) is 0 Å². The SMILES string of the molecule is CCC(COCc1ccccc1)(N=S)c1cccc(C(F)(F)F)c1. The maximum atomic E-state index is 12.9. The van der Waals surface area contributed by atoms with Crippen molar-refractivity contribution in [1.29, 1.82) is 0 Å². The van der Waals surface area contributed by atoms with Crippen molar-refractivity contribution in [1.82, 2.24) is 0 Å². The van der Waals surface area contributed by atoms with Gasteiger partial charge in [-0.3, -0.25) is 0 Å². The fourth-order valence-electron chi connectivity index (χ4n) is 2.43. The van der Waals surface area contributed by atoms with Gasteiger partial charge in [0.2, 0.25) is 0 Å². The van der Waals surface area contributed by atoms with E-state index in [0.717, 1.165) is 17.7 Å². The molecular weight excluding hydrogens is 335 g/mol. The Morgan fingerprint density at radius 3 is 2.25 bits per heavy atom. The highest BCUT2D eigenvalue weighted by molar-refractivity contribution is 7.47. The van der Waals surface area contributed by atoms with Crippen LogP contribution >= 0.6 is 0 Å². The molecule has 0 aliphatic heterocycles. The van der Waals surface area contributed by atoms with Gasteiger partial charge in [-0.15, -0.1) is 0 Å². The van der Waals surface area contributed by atoms with Crippen molar-refractivity contribution >= 4 is 12.4 Å². The minimum Gasteiger partial charge on any atom is -0.374 e. The summed E-state index contributed by atoms with van der Waals surface area (Å²) >= 11 is 4.90. The molecule has 0 spiro atoms. The van der Waals surface area contributed by atoms with E-state index in [0.29, 0.717) is 18.6 Å². The predicted octanol–water partition coefficient (Wildman–Crippen LogP) is 5.26. The van der Waals surface area contributed by atoms with Crippen molar-refractivity contribution in [3.05, 3.63) is 71.3 Å². The summed E-state index contributed by atoms with van der Waals surface area (Å²) in [5, 5.41) is 0. The zero-order valence-electron chi connectivity index (χ0n) is 13.2. The van der Waals surface area contributed by atoms with Gasteiger partial charge >= 0.3 is 6.18 Å². The van der Waals surface area contributed by atoms with Crippen molar-refractivity contribution in [3.63, 3.8) is 0 Å². The van der Waals surface area contributed by atoms with Crippen LogP contribution in [0.25, 0.3) is 0 Å². The summed E-state index contributed by atoms with van der Waals surface area (Å²) in [4.78, 5) is 0. The number of alkyl halides is 3. The van der Waals surface area contributed by atoms with Crippen molar-refractivity contribution in [2.75, 3.05) is 6.61 Å². The standard InChI is InChI=1S/C18H18F3NOS/c1-2-17(22-24,13-23-12-14-7-4-3-5-8-14)15-9-6-10-16(11-15)18(19,20)21/h3-11H,2,12-13H2,1H3. The van der Waals surface area contributed by atoms with Gasteiger partial charge in [-0.2, -0.15) is 13.2 Å². The number of ether oxygens (including phenoxy) is 1. The van der Waals surface area contributed by atoms with E-state index in [4.69, 9.17) is 17.2 Å². The molecule has 0 aliphatic rings. The summed E-state index contributed by atoms with van der Waals surface area (Å²) < 4.78 is 48.5. The van der Waals surface area contributed by atoms with Crippen LogP contribution in [0.4, 0.5) is 13.2 Å². The van der Waals surface area contributed by atoms with Gasteiger partial charge in [0.15, 0.2) is 0 Å². The third kappa shape index (κ3) is 4.39. The Balaban J connectivity index is 2.19. The lowest BCUT2D eigenvalue weighted by molar-refractivity contribution is -0.137. The molecule has 0 aromatic heterocycles. The van der Waals surface area contributed by atoms with Gasteiger partial charge in [0, 0.05) is 12.4 Å². The Morgan fingerprint density at radius 2 is 1.67 bits per heavy atom. The van der Waals surface area contributed by atoms with Gasteiger partial charge in [-0.05, 0) is 29.7 Å². The second-order valence-corrected chi connectivity index (χ2v) is 5.72.